The Balaban J connectivity index is 2.12. The second kappa shape index (κ2) is 5.23. The number of Topliss-reactive ketones (excluding diaryl/α,β-unsaturated/α-hetero) is 1. The van der Waals surface area contributed by atoms with Crippen molar-refractivity contribution in [1.29, 1.82) is 0 Å². The average molecular weight is 250 g/mol. The third-order valence-electron chi connectivity index (χ3n) is 2.59. The van der Waals surface area contributed by atoms with Gasteiger partial charge in [0.2, 0.25) is 5.89 Å². The van der Waals surface area contributed by atoms with Gasteiger partial charge in [0.1, 0.15) is 5.78 Å². The van der Waals surface area contributed by atoms with Gasteiger partial charge >= 0.3 is 0 Å². The normalized spacial score (nSPS) is 12.6. The third-order valence-corrected chi connectivity index (χ3v) is 3.47. The van der Waals surface area contributed by atoms with Gasteiger partial charge in [-0.25, -0.2) is 0 Å². The molecule has 5 heteroatoms. The summed E-state index contributed by atoms with van der Waals surface area (Å²) >= 11 is 1.66. The van der Waals surface area contributed by atoms with E-state index in [1.807, 2.05) is 24.4 Å². The molecule has 0 bridgehead atoms. The molecule has 0 saturated carbocycles. The van der Waals surface area contributed by atoms with Crippen LogP contribution in [-0.4, -0.2) is 15.9 Å². The van der Waals surface area contributed by atoms with E-state index in [9.17, 15) is 4.79 Å². The number of aromatic nitrogens is 2. The minimum atomic E-state index is -0.264. The Kier molecular flexibility index (Phi) is 3.68. The quantitative estimate of drug-likeness (QED) is 0.818. The number of carbonyl (C=O) groups is 1. The van der Waals surface area contributed by atoms with E-state index in [1.54, 1.807) is 18.3 Å². The zero-order valence-corrected chi connectivity index (χ0v) is 10.7. The van der Waals surface area contributed by atoms with E-state index in [4.69, 9.17) is 4.52 Å². The Morgan fingerprint density at radius 3 is 3.00 bits per heavy atom. The van der Waals surface area contributed by atoms with E-state index in [2.05, 4.69) is 10.1 Å². The molecule has 0 fully saturated rings. The summed E-state index contributed by atoms with van der Waals surface area (Å²) < 4.78 is 5.15. The summed E-state index contributed by atoms with van der Waals surface area (Å²) in [6.07, 6.45) is 1.35. The highest BCUT2D eigenvalue weighted by atomic mass is 32.1. The summed E-state index contributed by atoms with van der Waals surface area (Å²) in [4.78, 5) is 16.8. The van der Waals surface area contributed by atoms with E-state index in [-0.39, 0.29) is 11.7 Å². The van der Waals surface area contributed by atoms with Crippen molar-refractivity contribution < 1.29 is 9.32 Å². The Bertz CT molecular complexity index is 490. The summed E-state index contributed by atoms with van der Waals surface area (Å²) in [5.74, 6) is 0.882. The predicted octanol–water partition coefficient (Wildman–Crippen LogP) is 2.80. The molecule has 90 valence electrons. The number of hydrogen-bond acceptors (Lipinski definition) is 5. The monoisotopic (exact) mass is 250 g/mol. The molecular formula is C12H14N2O2S. The van der Waals surface area contributed by atoms with Crippen LogP contribution in [0, 0.1) is 0 Å². The fourth-order valence-electron chi connectivity index (χ4n) is 1.69. The molecule has 0 aromatic carbocycles. The van der Waals surface area contributed by atoms with Gasteiger partial charge in [-0.2, -0.15) is 4.98 Å². The molecule has 2 aromatic rings. The fourth-order valence-corrected chi connectivity index (χ4v) is 2.39. The van der Waals surface area contributed by atoms with Gasteiger partial charge in [0.05, 0.1) is 5.92 Å². The first kappa shape index (κ1) is 12.0. The van der Waals surface area contributed by atoms with Gasteiger partial charge in [0.15, 0.2) is 5.82 Å². The molecule has 17 heavy (non-hydrogen) atoms. The van der Waals surface area contributed by atoms with Crippen molar-refractivity contribution in [1.82, 2.24) is 10.1 Å². The highest BCUT2D eigenvalue weighted by molar-refractivity contribution is 7.09. The second-order valence-corrected chi connectivity index (χ2v) is 4.91. The van der Waals surface area contributed by atoms with Gasteiger partial charge in [-0.05, 0) is 24.8 Å². The minimum Gasteiger partial charge on any atom is -0.339 e. The van der Waals surface area contributed by atoms with E-state index in [0.29, 0.717) is 24.6 Å². The highest BCUT2D eigenvalue weighted by Crippen LogP contribution is 2.20. The fraction of sp³-hybridized carbons (Fsp3) is 0.417. The van der Waals surface area contributed by atoms with Gasteiger partial charge < -0.3 is 4.52 Å². The lowest BCUT2D eigenvalue weighted by molar-refractivity contribution is -0.119. The Morgan fingerprint density at radius 1 is 1.59 bits per heavy atom. The van der Waals surface area contributed by atoms with Crippen LogP contribution in [0.5, 0.6) is 0 Å². The second-order valence-electron chi connectivity index (χ2n) is 3.88. The molecule has 1 atom stereocenters. The first-order chi connectivity index (χ1) is 8.20. The first-order valence-electron chi connectivity index (χ1n) is 5.56. The van der Waals surface area contributed by atoms with Crippen LogP contribution in [-0.2, 0) is 11.2 Å². The van der Waals surface area contributed by atoms with Crippen LogP contribution in [0.1, 0.15) is 42.8 Å². The molecule has 0 radical (unpaired) electrons. The number of hydrogen-bond donors (Lipinski definition) is 0. The zero-order chi connectivity index (χ0) is 12.3. The maximum Gasteiger partial charge on any atom is 0.237 e. The molecule has 0 saturated heterocycles. The van der Waals surface area contributed by atoms with Crippen molar-refractivity contribution in [3.05, 3.63) is 34.1 Å². The SMILES string of the molecule is CCC(C(C)=O)c1nc(Cc2cccs2)no1. The maximum atomic E-state index is 11.4. The van der Waals surface area contributed by atoms with Crippen LogP contribution in [0.25, 0.3) is 0 Å². The molecule has 0 amide bonds. The van der Waals surface area contributed by atoms with Crippen molar-refractivity contribution >= 4 is 17.1 Å². The summed E-state index contributed by atoms with van der Waals surface area (Å²) in [7, 11) is 0. The van der Waals surface area contributed by atoms with Crippen LogP contribution >= 0.6 is 11.3 Å². The number of nitrogens with zero attached hydrogens (tertiary/aromatic N) is 2. The molecule has 0 aliphatic rings. The molecule has 0 N–H and O–H groups in total. The van der Waals surface area contributed by atoms with Gasteiger partial charge in [0.25, 0.3) is 0 Å². The number of thiophene rings is 1. The first-order valence-corrected chi connectivity index (χ1v) is 6.44. The van der Waals surface area contributed by atoms with Crippen LogP contribution in [0.4, 0.5) is 0 Å². The lowest BCUT2D eigenvalue weighted by Crippen LogP contribution is -2.08. The number of ketones is 1. The topological polar surface area (TPSA) is 56.0 Å². The molecule has 2 heterocycles. The van der Waals surface area contributed by atoms with Crippen molar-refractivity contribution in [2.75, 3.05) is 0 Å². The third kappa shape index (κ3) is 2.79. The van der Waals surface area contributed by atoms with E-state index < -0.39 is 0 Å². The Labute approximate surface area is 104 Å². The zero-order valence-electron chi connectivity index (χ0n) is 9.84. The molecule has 4 nitrogen and oxygen atoms in total. The summed E-state index contributed by atoms with van der Waals surface area (Å²) in [6, 6.07) is 4.02. The molecule has 2 rings (SSSR count). The van der Waals surface area contributed by atoms with E-state index >= 15 is 0 Å². The number of rotatable bonds is 5. The smallest absolute Gasteiger partial charge is 0.237 e. The molecule has 0 aliphatic heterocycles. The molecule has 1 unspecified atom stereocenters. The molecule has 0 spiro atoms. The molecule has 0 aliphatic carbocycles. The van der Waals surface area contributed by atoms with Gasteiger partial charge in [-0.3, -0.25) is 4.79 Å². The van der Waals surface area contributed by atoms with Crippen LogP contribution in [0.15, 0.2) is 22.0 Å². The van der Waals surface area contributed by atoms with Crippen molar-refractivity contribution in [3.8, 4) is 0 Å². The molecular weight excluding hydrogens is 236 g/mol. The standard InChI is InChI=1S/C12H14N2O2S/c1-3-10(8(2)15)12-13-11(14-16-12)7-9-5-4-6-17-9/h4-6,10H,3,7H2,1-2H3. The van der Waals surface area contributed by atoms with E-state index in [0.717, 1.165) is 0 Å². The highest BCUT2D eigenvalue weighted by Gasteiger charge is 2.21. The minimum absolute atomic E-state index is 0.0684. The van der Waals surface area contributed by atoms with Gasteiger partial charge in [-0.15, -0.1) is 11.3 Å². The van der Waals surface area contributed by atoms with Crippen LogP contribution in [0.3, 0.4) is 0 Å². The summed E-state index contributed by atoms with van der Waals surface area (Å²) in [5, 5.41) is 5.93. The lowest BCUT2D eigenvalue weighted by atomic mass is 10.0. The average Bonchev–Trinajstić information content (AvgIpc) is 2.91. The Morgan fingerprint density at radius 2 is 2.41 bits per heavy atom. The molecule has 2 aromatic heterocycles. The van der Waals surface area contributed by atoms with Gasteiger partial charge in [0, 0.05) is 11.3 Å². The van der Waals surface area contributed by atoms with E-state index in [1.165, 1.54) is 4.88 Å². The van der Waals surface area contributed by atoms with Crippen molar-refractivity contribution in [2.45, 2.75) is 32.6 Å². The largest absolute Gasteiger partial charge is 0.339 e. The van der Waals surface area contributed by atoms with Crippen molar-refractivity contribution in [3.63, 3.8) is 0 Å². The maximum absolute atomic E-state index is 11.4. The summed E-state index contributed by atoms with van der Waals surface area (Å²) in [6.45, 7) is 3.49. The van der Waals surface area contributed by atoms with Gasteiger partial charge in [-0.1, -0.05) is 18.1 Å². The summed E-state index contributed by atoms with van der Waals surface area (Å²) in [5.41, 5.74) is 0. The van der Waals surface area contributed by atoms with Crippen LogP contribution < -0.4 is 0 Å². The van der Waals surface area contributed by atoms with Crippen molar-refractivity contribution in [2.24, 2.45) is 0 Å². The predicted molar refractivity (Wildman–Crippen MR) is 65.1 cm³/mol. The number of carbonyl (C=O) groups excluding carboxylic acids is 1. The Hall–Kier alpha value is -1.49. The van der Waals surface area contributed by atoms with Crippen LogP contribution in [0.2, 0.25) is 0 Å². The lowest BCUT2D eigenvalue weighted by Gasteiger charge is -2.03.